The Morgan fingerprint density at radius 1 is 1.03 bits per heavy atom. The van der Waals surface area contributed by atoms with Crippen molar-refractivity contribution in [2.45, 2.75) is 40.5 Å². The third-order valence-corrected chi connectivity index (χ3v) is 5.42. The van der Waals surface area contributed by atoms with Crippen LogP contribution in [0.2, 0.25) is 0 Å². The third kappa shape index (κ3) is 3.73. The van der Waals surface area contributed by atoms with Crippen LogP contribution in [0, 0.1) is 19.3 Å². The Morgan fingerprint density at radius 2 is 1.72 bits per heavy atom. The largest absolute Gasteiger partial charge is 0.271 e. The Bertz CT molecular complexity index is 1090. The van der Waals surface area contributed by atoms with E-state index in [2.05, 4.69) is 36.5 Å². The van der Waals surface area contributed by atoms with Crippen molar-refractivity contribution in [2.75, 3.05) is 0 Å². The minimum atomic E-state index is -0.186. The summed E-state index contributed by atoms with van der Waals surface area (Å²) < 4.78 is 2.02. The van der Waals surface area contributed by atoms with Gasteiger partial charge in [-0.15, -0.1) is 0 Å². The lowest BCUT2D eigenvalue weighted by Crippen LogP contribution is -2.31. The maximum Gasteiger partial charge on any atom is 0.271 e. The fourth-order valence-corrected chi connectivity index (χ4v) is 4.06. The van der Waals surface area contributed by atoms with E-state index in [9.17, 15) is 4.79 Å². The van der Waals surface area contributed by atoms with E-state index in [-0.39, 0.29) is 11.3 Å². The van der Waals surface area contributed by atoms with Gasteiger partial charge in [-0.1, -0.05) is 50.2 Å². The Labute approximate surface area is 171 Å². The summed E-state index contributed by atoms with van der Waals surface area (Å²) in [5.41, 5.74) is 9.44. The van der Waals surface area contributed by atoms with Gasteiger partial charge in [0, 0.05) is 11.1 Å². The third-order valence-electron chi connectivity index (χ3n) is 5.42. The van der Waals surface area contributed by atoms with Crippen molar-refractivity contribution < 1.29 is 4.79 Å². The summed E-state index contributed by atoms with van der Waals surface area (Å²) in [6.45, 7) is 8.39. The molecule has 29 heavy (non-hydrogen) atoms. The molecule has 1 N–H and O–H groups in total. The predicted molar refractivity (Wildman–Crippen MR) is 116 cm³/mol. The second-order valence-electron chi connectivity index (χ2n) is 8.49. The molecule has 3 aromatic rings. The van der Waals surface area contributed by atoms with Crippen molar-refractivity contribution in [3.8, 4) is 5.69 Å². The first-order chi connectivity index (χ1) is 13.9. The monoisotopic (exact) mass is 386 g/mol. The van der Waals surface area contributed by atoms with Crippen molar-refractivity contribution >= 4 is 11.6 Å². The van der Waals surface area contributed by atoms with Crippen molar-refractivity contribution in [2.24, 2.45) is 10.5 Å². The van der Waals surface area contributed by atoms with Gasteiger partial charge in [-0.25, -0.2) is 10.1 Å². The molecule has 4 rings (SSSR count). The number of carbonyl (C=O) groups is 1. The van der Waals surface area contributed by atoms with Gasteiger partial charge >= 0.3 is 0 Å². The number of carbonyl (C=O) groups excluding carboxylic acids is 1. The second-order valence-corrected chi connectivity index (χ2v) is 8.49. The van der Waals surface area contributed by atoms with Crippen molar-refractivity contribution in [1.82, 2.24) is 15.2 Å². The summed E-state index contributed by atoms with van der Waals surface area (Å²) in [5, 5.41) is 9.37. The standard InChI is InChI=1S/C24H26N4O/c1-16-10-8-9-13-19(16)23(29)26-25-20-14-24(3,4)15-21-22(20)17(2)27-28(21)18-11-6-5-7-12-18/h5-13H,14-15H2,1-4H3,(H,26,29)/b25-20+. The Balaban J connectivity index is 1.73. The Hall–Kier alpha value is -3.21. The molecule has 1 aliphatic rings. The van der Waals surface area contributed by atoms with E-state index in [1.54, 1.807) is 0 Å². The minimum Gasteiger partial charge on any atom is -0.267 e. The number of aromatic nitrogens is 2. The lowest BCUT2D eigenvalue weighted by atomic mass is 9.75. The number of aryl methyl sites for hydroxylation is 2. The highest BCUT2D eigenvalue weighted by atomic mass is 16.2. The maximum atomic E-state index is 12.7. The summed E-state index contributed by atoms with van der Waals surface area (Å²) in [7, 11) is 0. The molecule has 5 heteroatoms. The highest BCUT2D eigenvalue weighted by molar-refractivity contribution is 6.05. The fraction of sp³-hybridized carbons (Fsp3) is 0.292. The van der Waals surface area contributed by atoms with Crippen LogP contribution in [-0.2, 0) is 6.42 Å². The lowest BCUT2D eigenvalue weighted by Gasteiger charge is -2.31. The van der Waals surface area contributed by atoms with Crippen LogP contribution >= 0.6 is 0 Å². The number of amides is 1. The number of nitrogens with zero attached hydrogens (tertiary/aromatic N) is 3. The fourth-order valence-electron chi connectivity index (χ4n) is 4.06. The van der Waals surface area contributed by atoms with E-state index in [1.807, 2.05) is 61.0 Å². The molecular formula is C24H26N4O. The SMILES string of the molecule is Cc1ccccc1C(=O)N/N=C1\CC(C)(C)Cc2c1c(C)nn2-c1ccccc1. The minimum absolute atomic E-state index is 0.0260. The summed E-state index contributed by atoms with van der Waals surface area (Å²) in [6.07, 6.45) is 1.69. The van der Waals surface area contributed by atoms with Crippen molar-refractivity contribution in [3.63, 3.8) is 0 Å². The molecule has 0 spiro atoms. The first-order valence-corrected chi connectivity index (χ1v) is 9.92. The summed E-state index contributed by atoms with van der Waals surface area (Å²) in [4.78, 5) is 12.7. The number of hydrogen-bond acceptors (Lipinski definition) is 3. The Morgan fingerprint density at radius 3 is 2.45 bits per heavy atom. The molecule has 0 saturated carbocycles. The van der Waals surface area contributed by atoms with Crippen LogP contribution in [0.15, 0.2) is 59.7 Å². The van der Waals surface area contributed by atoms with Crippen molar-refractivity contribution in [3.05, 3.63) is 82.7 Å². The number of benzene rings is 2. The first-order valence-electron chi connectivity index (χ1n) is 9.92. The molecule has 0 aliphatic heterocycles. The summed E-state index contributed by atoms with van der Waals surface area (Å²) in [5.74, 6) is -0.186. The zero-order chi connectivity index (χ0) is 20.6. The number of fused-ring (bicyclic) bond motifs is 1. The molecule has 0 bridgehead atoms. The molecule has 1 aromatic heterocycles. The number of nitrogens with one attached hydrogen (secondary N) is 1. The number of rotatable bonds is 3. The van der Waals surface area contributed by atoms with Gasteiger partial charge < -0.3 is 0 Å². The number of para-hydroxylation sites is 1. The van der Waals surface area contributed by atoms with Crippen LogP contribution in [-0.4, -0.2) is 21.4 Å². The summed E-state index contributed by atoms with van der Waals surface area (Å²) in [6, 6.07) is 17.7. The molecule has 0 saturated heterocycles. The average Bonchev–Trinajstić information content (AvgIpc) is 3.02. The van der Waals surface area contributed by atoms with E-state index < -0.39 is 0 Å². The highest BCUT2D eigenvalue weighted by Gasteiger charge is 2.34. The molecule has 1 aliphatic carbocycles. The summed E-state index contributed by atoms with van der Waals surface area (Å²) >= 11 is 0. The highest BCUT2D eigenvalue weighted by Crippen LogP contribution is 2.37. The predicted octanol–water partition coefficient (Wildman–Crippen LogP) is 4.60. The van der Waals surface area contributed by atoms with Crippen molar-refractivity contribution in [1.29, 1.82) is 0 Å². The van der Waals surface area contributed by atoms with Gasteiger partial charge in [0.1, 0.15) is 0 Å². The van der Waals surface area contributed by atoms with Gasteiger partial charge in [-0.2, -0.15) is 10.2 Å². The molecular weight excluding hydrogens is 360 g/mol. The van der Waals surface area contributed by atoms with E-state index in [1.165, 1.54) is 0 Å². The molecule has 2 aromatic carbocycles. The molecule has 0 radical (unpaired) electrons. The molecule has 5 nitrogen and oxygen atoms in total. The van der Waals surface area contributed by atoms with Gasteiger partial charge in [0.2, 0.25) is 0 Å². The smallest absolute Gasteiger partial charge is 0.267 e. The van der Waals surface area contributed by atoms with Crippen LogP contribution < -0.4 is 5.43 Å². The lowest BCUT2D eigenvalue weighted by molar-refractivity contribution is 0.0954. The van der Waals surface area contributed by atoms with Crippen LogP contribution in [0.5, 0.6) is 0 Å². The molecule has 0 fully saturated rings. The second kappa shape index (κ2) is 7.32. The van der Waals surface area contributed by atoms with E-state index in [0.29, 0.717) is 5.56 Å². The van der Waals surface area contributed by atoms with Crippen LogP contribution in [0.25, 0.3) is 5.69 Å². The normalized spacial score (nSPS) is 16.5. The van der Waals surface area contributed by atoms with Crippen LogP contribution in [0.3, 0.4) is 0 Å². The van der Waals surface area contributed by atoms with Gasteiger partial charge in [-0.05, 0) is 55.9 Å². The molecule has 0 atom stereocenters. The van der Waals surface area contributed by atoms with Gasteiger partial charge in [-0.3, -0.25) is 4.79 Å². The molecule has 148 valence electrons. The maximum absolute atomic E-state index is 12.7. The topological polar surface area (TPSA) is 59.3 Å². The first kappa shape index (κ1) is 19.1. The Kier molecular flexibility index (Phi) is 4.82. The average molecular weight is 386 g/mol. The molecule has 1 heterocycles. The number of hydrazone groups is 1. The zero-order valence-corrected chi connectivity index (χ0v) is 17.4. The van der Waals surface area contributed by atoms with Crippen LogP contribution in [0.1, 0.15) is 53.1 Å². The molecule has 1 amide bonds. The van der Waals surface area contributed by atoms with Crippen LogP contribution in [0.4, 0.5) is 0 Å². The van der Waals surface area contributed by atoms with E-state index in [0.717, 1.165) is 46.8 Å². The van der Waals surface area contributed by atoms with Gasteiger partial charge in [0.05, 0.1) is 22.8 Å². The van der Waals surface area contributed by atoms with E-state index in [4.69, 9.17) is 5.10 Å². The van der Waals surface area contributed by atoms with Gasteiger partial charge in [0.15, 0.2) is 0 Å². The van der Waals surface area contributed by atoms with E-state index >= 15 is 0 Å². The van der Waals surface area contributed by atoms with Gasteiger partial charge in [0.25, 0.3) is 5.91 Å². The molecule has 0 unspecified atom stereocenters. The zero-order valence-electron chi connectivity index (χ0n) is 17.4. The quantitative estimate of drug-likeness (QED) is 0.669. The number of hydrogen-bond donors (Lipinski definition) is 1.